The largest absolute Gasteiger partial charge is 0.325 e. The number of aromatic nitrogens is 2. The van der Waals surface area contributed by atoms with Gasteiger partial charge in [0.1, 0.15) is 6.54 Å². The minimum Gasteiger partial charge on any atom is -0.325 e. The van der Waals surface area contributed by atoms with Gasteiger partial charge in [0.2, 0.25) is 5.91 Å². The second-order valence-corrected chi connectivity index (χ2v) is 7.90. The zero-order valence-electron chi connectivity index (χ0n) is 17.4. The fourth-order valence-corrected chi connectivity index (χ4v) is 3.77. The number of rotatable bonds is 5. The van der Waals surface area contributed by atoms with E-state index < -0.39 is 0 Å². The third-order valence-corrected chi connectivity index (χ3v) is 5.62. The molecule has 6 heteroatoms. The van der Waals surface area contributed by atoms with Crippen LogP contribution in [0.1, 0.15) is 27.9 Å². The Morgan fingerprint density at radius 3 is 2.67 bits per heavy atom. The number of hydrogen-bond donors (Lipinski definition) is 1. The summed E-state index contributed by atoms with van der Waals surface area (Å²) in [5.41, 5.74) is 5.64. The first-order valence-corrected chi connectivity index (χ1v) is 10.2. The highest BCUT2D eigenvalue weighted by Crippen LogP contribution is 2.17. The molecule has 1 aliphatic rings. The van der Waals surface area contributed by atoms with Crippen molar-refractivity contribution in [3.63, 3.8) is 0 Å². The molecule has 4 rings (SSSR count). The minimum atomic E-state index is -0.237. The number of nitrogens with zero attached hydrogens (tertiary/aromatic N) is 3. The van der Waals surface area contributed by atoms with E-state index in [1.54, 1.807) is 0 Å². The fraction of sp³-hybridized carbons (Fsp3) is 0.292. The van der Waals surface area contributed by atoms with Crippen LogP contribution in [0.25, 0.3) is 0 Å². The molecular weight excluding hydrogens is 376 g/mol. The first-order valence-electron chi connectivity index (χ1n) is 10.2. The summed E-state index contributed by atoms with van der Waals surface area (Å²) in [5, 5.41) is 2.87. The monoisotopic (exact) mass is 402 g/mol. The summed E-state index contributed by atoms with van der Waals surface area (Å²) in [5.74, 6) is -0.237. The van der Waals surface area contributed by atoms with Crippen molar-refractivity contribution in [2.24, 2.45) is 0 Å². The molecule has 0 radical (unpaired) electrons. The van der Waals surface area contributed by atoms with Gasteiger partial charge in [0, 0.05) is 31.7 Å². The van der Waals surface area contributed by atoms with Gasteiger partial charge in [-0.05, 0) is 42.7 Å². The standard InChI is InChI=1S/C24H26N4O2/c1-17-8-9-20(12-18(17)2)26-23(29)15-28-16-25-22-10-11-27(14-21(22)24(28)30)13-19-6-4-3-5-7-19/h3-9,12,16H,10-11,13-15H2,1-2H3,(H,26,29). The molecule has 3 aromatic rings. The molecule has 6 nitrogen and oxygen atoms in total. The summed E-state index contributed by atoms with van der Waals surface area (Å²) in [7, 11) is 0. The van der Waals surface area contributed by atoms with E-state index in [0.29, 0.717) is 12.1 Å². The third kappa shape index (κ3) is 4.49. The van der Waals surface area contributed by atoms with Crippen LogP contribution in [0.2, 0.25) is 0 Å². The average molecular weight is 402 g/mol. The van der Waals surface area contributed by atoms with Gasteiger partial charge in [-0.3, -0.25) is 19.1 Å². The Labute approximate surface area is 176 Å². The normalized spacial score (nSPS) is 13.7. The lowest BCUT2D eigenvalue weighted by Crippen LogP contribution is -2.38. The number of fused-ring (bicyclic) bond motifs is 1. The second kappa shape index (κ2) is 8.63. The Morgan fingerprint density at radius 2 is 1.90 bits per heavy atom. The van der Waals surface area contributed by atoms with Crippen LogP contribution in [-0.2, 0) is 30.8 Å². The number of anilines is 1. The van der Waals surface area contributed by atoms with Gasteiger partial charge in [-0.2, -0.15) is 0 Å². The van der Waals surface area contributed by atoms with Gasteiger partial charge in [0.25, 0.3) is 5.56 Å². The van der Waals surface area contributed by atoms with E-state index in [-0.39, 0.29) is 18.0 Å². The van der Waals surface area contributed by atoms with E-state index in [4.69, 9.17) is 0 Å². The lowest BCUT2D eigenvalue weighted by Gasteiger charge is -2.28. The van der Waals surface area contributed by atoms with E-state index in [2.05, 4.69) is 27.3 Å². The molecule has 1 N–H and O–H groups in total. The molecule has 1 aliphatic heterocycles. The molecule has 0 unspecified atom stereocenters. The van der Waals surface area contributed by atoms with Crippen molar-refractivity contribution in [2.75, 3.05) is 11.9 Å². The van der Waals surface area contributed by atoms with Gasteiger partial charge in [-0.25, -0.2) is 4.98 Å². The predicted octanol–water partition coefficient (Wildman–Crippen LogP) is 3.06. The summed E-state index contributed by atoms with van der Waals surface area (Å²) >= 11 is 0. The lowest BCUT2D eigenvalue weighted by atomic mass is 10.1. The van der Waals surface area contributed by atoms with E-state index in [1.165, 1.54) is 22.0 Å². The predicted molar refractivity (Wildman–Crippen MR) is 117 cm³/mol. The van der Waals surface area contributed by atoms with Gasteiger partial charge < -0.3 is 5.32 Å². The number of amides is 1. The number of carbonyl (C=O) groups is 1. The van der Waals surface area contributed by atoms with Crippen molar-refractivity contribution in [3.05, 3.63) is 93.2 Å². The van der Waals surface area contributed by atoms with Crippen molar-refractivity contribution in [1.29, 1.82) is 0 Å². The number of hydrogen-bond acceptors (Lipinski definition) is 4. The van der Waals surface area contributed by atoms with Gasteiger partial charge >= 0.3 is 0 Å². The van der Waals surface area contributed by atoms with Crippen LogP contribution >= 0.6 is 0 Å². The Hall–Kier alpha value is -3.25. The Balaban J connectivity index is 1.47. The number of nitrogens with one attached hydrogen (secondary N) is 1. The Kier molecular flexibility index (Phi) is 5.77. The lowest BCUT2D eigenvalue weighted by molar-refractivity contribution is -0.116. The first-order chi connectivity index (χ1) is 14.5. The molecule has 0 fully saturated rings. The number of carbonyl (C=O) groups excluding carboxylic acids is 1. The number of benzene rings is 2. The molecule has 0 saturated carbocycles. The van der Waals surface area contributed by atoms with Gasteiger partial charge in [-0.15, -0.1) is 0 Å². The zero-order valence-corrected chi connectivity index (χ0v) is 17.4. The maximum absolute atomic E-state index is 13.0. The van der Waals surface area contributed by atoms with Crippen LogP contribution in [0.15, 0.2) is 59.7 Å². The SMILES string of the molecule is Cc1ccc(NC(=O)Cn2cnc3c(c2=O)CN(Cc2ccccc2)CC3)cc1C. The van der Waals surface area contributed by atoms with Gasteiger partial charge in [0.05, 0.1) is 17.6 Å². The molecular formula is C24H26N4O2. The first kappa shape index (κ1) is 20.0. The van der Waals surface area contributed by atoms with Crippen LogP contribution in [0, 0.1) is 13.8 Å². The molecule has 2 heterocycles. The third-order valence-electron chi connectivity index (χ3n) is 5.62. The molecule has 0 aliphatic carbocycles. The van der Waals surface area contributed by atoms with Crippen molar-refractivity contribution >= 4 is 11.6 Å². The highest BCUT2D eigenvalue weighted by atomic mass is 16.2. The molecule has 154 valence electrons. The van der Waals surface area contributed by atoms with Gasteiger partial charge in [0.15, 0.2) is 0 Å². The van der Waals surface area contributed by atoms with Crippen molar-refractivity contribution in [1.82, 2.24) is 14.5 Å². The molecule has 1 amide bonds. The highest BCUT2D eigenvalue weighted by Gasteiger charge is 2.22. The summed E-state index contributed by atoms with van der Waals surface area (Å²) < 4.78 is 1.40. The molecule has 2 aromatic carbocycles. The molecule has 1 aromatic heterocycles. The van der Waals surface area contributed by atoms with Crippen LogP contribution in [0.5, 0.6) is 0 Å². The van der Waals surface area contributed by atoms with Crippen LogP contribution in [0.4, 0.5) is 5.69 Å². The maximum atomic E-state index is 13.0. The molecule has 30 heavy (non-hydrogen) atoms. The topological polar surface area (TPSA) is 67.2 Å². The minimum absolute atomic E-state index is 0.0509. The molecule has 0 saturated heterocycles. The van der Waals surface area contributed by atoms with Crippen LogP contribution in [-0.4, -0.2) is 26.9 Å². The summed E-state index contributed by atoms with van der Waals surface area (Å²) in [4.78, 5) is 32.2. The summed E-state index contributed by atoms with van der Waals surface area (Å²) in [6, 6.07) is 16.0. The van der Waals surface area contributed by atoms with Crippen LogP contribution in [0.3, 0.4) is 0 Å². The van der Waals surface area contributed by atoms with Crippen molar-refractivity contribution in [3.8, 4) is 0 Å². The molecule has 0 spiro atoms. The molecule has 0 bridgehead atoms. The quantitative estimate of drug-likeness (QED) is 0.712. The van der Waals surface area contributed by atoms with E-state index >= 15 is 0 Å². The molecule has 0 atom stereocenters. The van der Waals surface area contributed by atoms with Crippen molar-refractivity contribution < 1.29 is 4.79 Å². The van der Waals surface area contributed by atoms with E-state index in [1.807, 2.05) is 50.2 Å². The Bertz CT molecular complexity index is 1120. The maximum Gasteiger partial charge on any atom is 0.258 e. The van der Waals surface area contributed by atoms with E-state index in [9.17, 15) is 9.59 Å². The fourth-order valence-electron chi connectivity index (χ4n) is 3.77. The smallest absolute Gasteiger partial charge is 0.258 e. The summed E-state index contributed by atoms with van der Waals surface area (Å²) in [6.45, 7) is 6.19. The van der Waals surface area contributed by atoms with Gasteiger partial charge in [-0.1, -0.05) is 36.4 Å². The van der Waals surface area contributed by atoms with Crippen LogP contribution < -0.4 is 10.9 Å². The summed E-state index contributed by atoms with van der Waals surface area (Å²) in [6.07, 6.45) is 2.24. The highest BCUT2D eigenvalue weighted by molar-refractivity contribution is 5.90. The number of aryl methyl sites for hydroxylation is 2. The van der Waals surface area contributed by atoms with E-state index in [0.717, 1.165) is 36.5 Å². The van der Waals surface area contributed by atoms with Crippen molar-refractivity contribution in [2.45, 2.75) is 39.9 Å². The zero-order chi connectivity index (χ0) is 21.1. The Morgan fingerprint density at radius 1 is 1.10 bits per heavy atom. The average Bonchev–Trinajstić information content (AvgIpc) is 2.74. The second-order valence-electron chi connectivity index (χ2n) is 7.90.